The van der Waals surface area contributed by atoms with Gasteiger partial charge < -0.3 is 118 Å². The summed E-state index contributed by atoms with van der Waals surface area (Å²) in [5.41, 5.74) is 2.32. The van der Waals surface area contributed by atoms with Crippen molar-refractivity contribution in [3.8, 4) is 11.5 Å². The Morgan fingerprint density at radius 2 is 0.617 bits per heavy atom. The van der Waals surface area contributed by atoms with Crippen LogP contribution in [0.5, 0.6) is 11.5 Å². The summed E-state index contributed by atoms with van der Waals surface area (Å²) in [6.07, 6.45) is 30.2. The van der Waals surface area contributed by atoms with Crippen LogP contribution in [-0.2, 0) is 138 Å². The lowest BCUT2D eigenvalue weighted by Crippen LogP contribution is -2.38. The standard InChI is InChI=1S/C21H24O4.C20H30O6.C15H26O6.C14H20O6.C14H20O4.C14H24O4/c1-21(2,15-3-7-17(8-4-15)22-11-19-13-24-19)16-5-9-18(10-6-16)23-12-20-14-25-20;21-19(23-11-13-5-7-15-17(9-13)25-15)3-1-2-4-20(22)24-12-14-6-8-16-18(10-14)26-16;1-2-15(9-16-3-12-6-19-12,10-17-4-13-7-20-13)11-18-5-14-8-21-14;15-13(19-7-9-5-17-9)11-3-1-2-4-12(11)14(16)20-8-10-6-18-10;15-14(9-2-4-11-13(6-9)18-11)16-7-8-1-3-10-12(5-8)17-10;1-2-12(6-16-8-14-10-18-14)4-3-11(1)5-15-7-13-9-17-13/h3-10,19-20H,11-14H2,1-2H3;13-18H,1-12H2;12-14H,2-11H2,1H3;9-12H,1-8H2;8-13H,1-7H2;11-14H,1-10H2. The number of fused-ring (bicyclic) bond motifs is 4. The third-order valence-corrected chi connectivity index (χ3v) is 28.1. The van der Waals surface area contributed by atoms with Gasteiger partial charge in [-0.3, -0.25) is 24.0 Å². The molecule has 19 aliphatic rings. The molecule has 30 heteroatoms. The highest BCUT2D eigenvalue weighted by atomic mass is 16.7. The van der Waals surface area contributed by atoms with Crippen LogP contribution in [0.1, 0.15) is 192 Å². The predicted molar refractivity (Wildman–Crippen MR) is 459 cm³/mol. The molecular weight excluding hydrogens is 1660 g/mol. The summed E-state index contributed by atoms with van der Waals surface area (Å²) < 4.78 is 135. The zero-order valence-electron chi connectivity index (χ0n) is 75.9. The van der Waals surface area contributed by atoms with Gasteiger partial charge >= 0.3 is 29.8 Å². The number of rotatable bonds is 47. The van der Waals surface area contributed by atoms with Gasteiger partial charge in [0.25, 0.3) is 0 Å². The lowest BCUT2D eigenvalue weighted by atomic mass is 9.78. The van der Waals surface area contributed by atoms with Gasteiger partial charge in [-0.05, 0) is 200 Å². The van der Waals surface area contributed by atoms with Crippen LogP contribution >= 0.6 is 0 Å². The minimum absolute atomic E-state index is 0.00258. The monoisotopic (exact) mass is 1800 g/mol. The predicted octanol–water partition coefficient (Wildman–Crippen LogP) is 10.9. The van der Waals surface area contributed by atoms with Crippen molar-refractivity contribution < 1.29 is 142 Å². The quantitative estimate of drug-likeness (QED) is 0.0257. The summed E-state index contributed by atoms with van der Waals surface area (Å²) in [5, 5.41) is 0. The Morgan fingerprint density at radius 3 is 0.953 bits per heavy atom. The first-order valence-electron chi connectivity index (χ1n) is 48.8. The highest BCUT2D eigenvalue weighted by molar-refractivity contribution is 5.82. The van der Waals surface area contributed by atoms with Gasteiger partial charge in [-0.1, -0.05) is 57.9 Å². The Bertz CT molecular complexity index is 3480. The SMILES string of the molecule is C1CC(COCC2CO2)CCC1COCC1CO1.CC(C)(c1ccc(OCC2CO2)cc1)c1ccc(OCC2CO2)cc1.CCC(COCC1CO1)(COCC1CO1)COCC1CO1.O=C(CCCCC(=O)OCC1CCC2OC2C1)OCC1CCC2OC2C1.O=C(OCC1CCC2OC2C1)C1CCC2OC2C1.O=C(OCC1CO1)C1CCCCC1C(=O)OCC1CO1. The van der Waals surface area contributed by atoms with E-state index in [1.807, 2.05) is 24.3 Å². The largest absolute Gasteiger partial charge is 0.491 e. The molecule has 0 spiro atoms. The number of benzene rings is 2. The zero-order valence-corrected chi connectivity index (χ0v) is 75.9. The molecule has 13 heterocycles. The lowest BCUT2D eigenvalue weighted by Gasteiger charge is -2.32. The molecular formula is C98H144O30. The van der Waals surface area contributed by atoms with E-state index in [9.17, 15) is 24.0 Å². The van der Waals surface area contributed by atoms with Gasteiger partial charge in [-0.2, -0.15) is 0 Å². The van der Waals surface area contributed by atoms with Crippen molar-refractivity contribution in [1.29, 1.82) is 0 Å². The molecule has 2 aromatic rings. The van der Waals surface area contributed by atoms with E-state index >= 15 is 0 Å². The zero-order chi connectivity index (χ0) is 88.0. The Morgan fingerprint density at radius 1 is 0.312 bits per heavy atom. The van der Waals surface area contributed by atoms with Crippen molar-refractivity contribution in [2.75, 3.05) is 172 Å². The molecule has 13 aliphatic heterocycles. The fraction of sp³-hybridized carbons (Fsp3) is 0.827. The topological polar surface area (TPSA) is 359 Å². The molecule has 6 aliphatic carbocycles. The number of carbonyl (C=O) groups is 5. The van der Waals surface area contributed by atoms with E-state index in [2.05, 4.69) is 45.0 Å². The fourth-order valence-electron chi connectivity index (χ4n) is 18.1. The van der Waals surface area contributed by atoms with E-state index in [1.165, 1.54) is 36.8 Å². The van der Waals surface area contributed by atoms with Crippen molar-refractivity contribution in [2.24, 2.45) is 52.8 Å². The van der Waals surface area contributed by atoms with E-state index in [0.717, 1.165) is 192 Å². The molecule has 716 valence electrons. The highest BCUT2D eigenvalue weighted by Gasteiger charge is 2.50. The fourth-order valence-corrected chi connectivity index (χ4v) is 18.1. The van der Waals surface area contributed by atoms with E-state index in [-0.39, 0.29) is 82.8 Å². The third kappa shape index (κ3) is 34.2. The third-order valence-electron chi connectivity index (χ3n) is 28.1. The van der Waals surface area contributed by atoms with E-state index in [0.29, 0.717) is 235 Å². The second kappa shape index (κ2) is 47.7. The molecule has 2 aromatic carbocycles. The molecule has 0 bridgehead atoms. The maximum absolute atomic E-state index is 12.1. The maximum atomic E-state index is 12.1. The first kappa shape index (κ1) is 95.8. The number of epoxide rings is 13. The molecule has 23 atom stereocenters. The number of carbonyl (C=O) groups excluding carboxylic acids is 5. The second-order valence-corrected chi connectivity index (χ2v) is 39.6. The molecule has 6 saturated carbocycles. The van der Waals surface area contributed by atoms with Gasteiger partial charge in [0.15, 0.2) is 0 Å². The summed E-state index contributed by atoms with van der Waals surface area (Å²) in [7, 11) is 0. The van der Waals surface area contributed by atoms with Crippen LogP contribution in [0.2, 0.25) is 0 Å². The van der Waals surface area contributed by atoms with Crippen LogP contribution in [0.25, 0.3) is 0 Å². The highest BCUT2D eigenvalue weighted by Crippen LogP contribution is 2.45. The Hall–Kier alpha value is -5.33. The van der Waals surface area contributed by atoms with Crippen LogP contribution in [-0.4, -0.2) is 305 Å². The molecule has 30 nitrogen and oxygen atoms in total. The van der Waals surface area contributed by atoms with Crippen LogP contribution in [0, 0.1) is 52.8 Å². The molecule has 21 rings (SSSR count). The van der Waals surface area contributed by atoms with Crippen LogP contribution in [0.15, 0.2) is 48.5 Å². The average Bonchev–Trinajstić information content (AvgIpc) is 1.76. The maximum Gasteiger partial charge on any atom is 0.309 e. The summed E-state index contributed by atoms with van der Waals surface area (Å²) in [5.74, 6) is 3.19. The van der Waals surface area contributed by atoms with Crippen LogP contribution in [0.3, 0.4) is 0 Å². The number of esters is 5. The minimum atomic E-state index is -0.366. The summed E-state index contributed by atoms with van der Waals surface area (Å²) in [6.45, 7) is 24.7. The number of unbranched alkanes of at least 4 members (excludes halogenated alkanes) is 1. The van der Waals surface area contributed by atoms with Crippen molar-refractivity contribution >= 4 is 29.8 Å². The van der Waals surface area contributed by atoms with Crippen molar-refractivity contribution in [3.63, 3.8) is 0 Å². The normalized spacial score (nSPS) is 35.0. The van der Waals surface area contributed by atoms with Gasteiger partial charge in [0.2, 0.25) is 0 Å². The van der Waals surface area contributed by atoms with Gasteiger partial charge in [-0.25, -0.2) is 0 Å². The molecule has 19 fully saturated rings. The molecule has 0 aromatic heterocycles. The van der Waals surface area contributed by atoms with Crippen LogP contribution < -0.4 is 9.47 Å². The second-order valence-electron chi connectivity index (χ2n) is 39.6. The van der Waals surface area contributed by atoms with Crippen LogP contribution in [0.4, 0.5) is 0 Å². The number of hydrogen-bond donors (Lipinski definition) is 0. The minimum Gasteiger partial charge on any atom is -0.491 e. The summed E-state index contributed by atoms with van der Waals surface area (Å²) in [6, 6.07) is 16.7. The first-order valence-corrected chi connectivity index (χ1v) is 48.8. The first-order chi connectivity index (χ1) is 62.5. The van der Waals surface area contributed by atoms with E-state index in [1.54, 1.807) is 0 Å². The van der Waals surface area contributed by atoms with Gasteiger partial charge in [-0.15, -0.1) is 0 Å². The van der Waals surface area contributed by atoms with E-state index in [4.69, 9.17) is 118 Å². The number of hydrogen-bond acceptors (Lipinski definition) is 30. The molecule has 23 unspecified atom stereocenters. The summed E-state index contributed by atoms with van der Waals surface area (Å²) >= 11 is 0. The average molecular weight is 1800 g/mol. The van der Waals surface area contributed by atoms with Crippen molar-refractivity contribution in [3.05, 3.63) is 59.7 Å². The Labute approximate surface area is 754 Å². The van der Waals surface area contributed by atoms with Gasteiger partial charge in [0.05, 0.1) is 199 Å². The van der Waals surface area contributed by atoms with Gasteiger partial charge in [0, 0.05) is 36.9 Å². The number of ether oxygens (including phenoxy) is 25. The molecule has 0 amide bonds. The van der Waals surface area contributed by atoms with Crippen molar-refractivity contribution in [1.82, 2.24) is 0 Å². The van der Waals surface area contributed by atoms with E-state index < -0.39 is 0 Å². The molecule has 13 saturated heterocycles. The van der Waals surface area contributed by atoms with Crippen molar-refractivity contribution in [2.45, 2.75) is 290 Å². The Kier molecular flexibility index (Phi) is 35.7. The van der Waals surface area contributed by atoms with Gasteiger partial charge in [0.1, 0.15) is 92.9 Å². The Balaban J connectivity index is 0.000000113. The molecule has 0 radical (unpaired) electrons. The smallest absolute Gasteiger partial charge is 0.309 e. The molecule has 128 heavy (non-hydrogen) atoms. The lowest BCUT2D eigenvalue weighted by molar-refractivity contribution is -0.163. The molecule has 0 N–H and O–H groups in total. The summed E-state index contributed by atoms with van der Waals surface area (Å²) in [4.78, 5) is 59.8.